The van der Waals surface area contributed by atoms with Gasteiger partial charge in [-0.1, -0.05) is 30.7 Å². The number of benzene rings is 1. The van der Waals surface area contributed by atoms with Gasteiger partial charge >= 0.3 is 0 Å². The van der Waals surface area contributed by atoms with Gasteiger partial charge in [-0.2, -0.15) is 0 Å². The molecule has 4 nitrogen and oxygen atoms in total. The highest BCUT2D eigenvalue weighted by Gasteiger charge is 2.10. The van der Waals surface area contributed by atoms with Gasteiger partial charge in [0.25, 0.3) is 0 Å². The van der Waals surface area contributed by atoms with Crippen molar-refractivity contribution in [2.75, 3.05) is 0 Å². The first-order chi connectivity index (χ1) is 8.20. The molecule has 1 unspecified atom stereocenters. The van der Waals surface area contributed by atoms with E-state index in [1.54, 1.807) is 4.68 Å². The monoisotopic (exact) mass is 230 g/mol. The molecule has 90 valence electrons. The fraction of sp³-hybridized carbons (Fsp3) is 0.385. The first kappa shape index (κ1) is 11.8. The topological polar surface area (TPSA) is 56.7 Å². The van der Waals surface area contributed by atoms with Gasteiger partial charge in [0.1, 0.15) is 0 Å². The Bertz CT molecular complexity index is 490. The molecule has 2 rings (SSSR count). The van der Waals surface area contributed by atoms with Crippen LogP contribution in [0.3, 0.4) is 0 Å². The molecule has 1 aromatic carbocycles. The van der Waals surface area contributed by atoms with Gasteiger partial charge in [0.05, 0.1) is 23.6 Å². The van der Waals surface area contributed by atoms with Crippen molar-refractivity contribution in [1.29, 1.82) is 0 Å². The average Bonchev–Trinajstić information content (AvgIpc) is 2.78. The molecular formula is C13H18N4. The van der Waals surface area contributed by atoms with Gasteiger partial charge in [-0.25, -0.2) is 4.68 Å². The Balaban J connectivity index is 2.23. The molecule has 1 atom stereocenters. The Morgan fingerprint density at radius 1 is 1.41 bits per heavy atom. The fourth-order valence-corrected chi connectivity index (χ4v) is 1.80. The summed E-state index contributed by atoms with van der Waals surface area (Å²) < 4.78 is 1.78. The summed E-state index contributed by atoms with van der Waals surface area (Å²) in [5.41, 5.74) is 9.09. The van der Waals surface area contributed by atoms with Crippen molar-refractivity contribution in [3.05, 3.63) is 41.7 Å². The van der Waals surface area contributed by atoms with Crippen molar-refractivity contribution < 1.29 is 0 Å². The van der Waals surface area contributed by atoms with E-state index in [2.05, 4.69) is 36.3 Å². The largest absolute Gasteiger partial charge is 0.323 e. The molecule has 0 bridgehead atoms. The average molecular weight is 230 g/mol. The minimum absolute atomic E-state index is 0.0152. The Morgan fingerprint density at radius 2 is 2.24 bits per heavy atom. The van der Waals surface area contributed by atoms with E-state index in [4.69, 9.17) is 5.73 Å². The molecule has 17 heavy (non-hydrogen) atoms. The van der Waals surface area contributed by atoms with Gasteiger partial charge in [-0.05, 0) is 31.0 Å². The second-order valence-electron chi connectivity index (χ2n) is 4.32. The molecule has 0 aliphatic heterocycles. The van der Waals surface area contributed by atoms with Crippen LogP contribution in [0.25, 0.3) is 5.69 Å². The van der Waals surface area contributed by atoms with Crippen LogP contribution >= 0.6 is 0 Å². The minimum atomic E-state index is -0.0152. The highest BCUT2D eigenvalue weighted by molar-refractivity contribution is 5.34. The van der Waals surface area contributed by atoms with Crippen molar-refractivity contribution in [1.82, 2.24) is 15.0 Å². The predicted molar refractivity (Wildman–Crippen MR) is 67.9 cm³/mol. The lowest BCUT2D eigenvalue weighted by molar-refractivity contribution is 0.619. The number of aryl methyl sites for hydroxylation is 1. The number of hydrogen-bond donors (Lipinski definition) is 1. The molecule has 0 spiro atoms. The van der Waals surface area contributed by atoms with E-state index in [-0.39, 0.29) is 6.04 Å². The zero-order chi connectivity index (χ0) is 12.3. The maximum atomic E-state index is 6.01. The van der Waals surface area contributed by atoms with Crippen LogP contribution in [0.2, 0.25) is 0 Å². The van der Waals surface area contributed by atoms with Crippen molar-refractivity contribution >= 4 is 0 Å². The van der Waals surface area contributed by atoms with Gasteiger partial charge in [0.2, 0.25) is 0 Å². The zero-order valence-corrected chi connectivity index (χ0v) is 10.3. The maximum absolute atomic E-state index is 6.01. The molecule has 1 aromatic heterocycles. The molecule has 0 aliphatic rings. The highest BCUT2D eigenvalue weighted by atomic mass is 15.4. The van der Waals surface area contributed by atoms with E-state index in [9.17, 15) is 0 Å². The quantitative estimate of drug-likeness (QED) is 0.877. The summed E-state index contributed by atoms with van der Waals surface area (Å²) in [7, 11) is 0. The summed E-state index contributed by atoms with van der Waals surface area (Å²) in [6, 6.07) is 8.14. The summed E-state index contributed by atoms with van der Waals surface area (Å²) in [5, 5.41) is 8.25. The Hall–Kier alpha value is -1.68. The Labute approximate surface area is 101 Å². The number of nitrogens with two attached hydrogens (primary N) is 1. The molecule has 4 heteroatoms. The number of nitrogens with zero attached hydrogens (tertiary/aromatic N) is 3. The van der Waals surface area contributed by atoms with Crippen molar-refractivity contribution in [3.63, 3.8) is 0 Å². The molecular weight excluding hydrogens is 212 g/mol. The Morgan fingerprint density at radius 3 is 2.94 bits per heavy atom. The summed E-state index contributed by atoms with van der Waals surface area (Å²) in [4.78, 5) is 0. The van der Waals surface area contributed by atoms with Crippen LogP contribution in [0, 0.1) is 6.92 Å². The lowest BCUT2D eigenvalue weighted by Gasteiger charge is -2.04. The maximum Gasteiger partial charge on any atom is 0.0998 e. The van der Waals surface area contributed by atoms with Crippen LogP contribution < -0.4 is 5.73 Å². The molecule has 2 aromatic rings. The fourth-order valence-electron chi connectivity index (χ4n) is 1.80. The van der Waals surface area contributed by atoms with Gasteiger partial charge in [-0.3, -0.25) is 0 Å². The molecule has 1 heterocycles. The van der Waals surface area contributed by atoms with Gasteiger partial charge < -0.3 is 5.73 Å². The van der Waals surface area contributed by atoms with E-state index in [0.29, 0.717) is 0 Å². The van der Waals surface area contributed by atoms with Crippen LogP contribution in [0.1, 0.15) is 37.1 Å². The minimum Gasteiger partial charge on any atom is -0.323 e. The number of rotatable bonds is 4. The van der Waals surface area contributed by atoms with Gasteiger partial charge in [0.15, 0.2) is 0 Å². The Kier molecular flexibility index (Phi) is 3.54. The van der Waals surface area contributed by atoms with E-state index in [1.807, 2.05) is 18.3 Å². The van der Waals surface area contributed by atoms with Crippen molar-refractivity contribution in [2.24, 2.45) is 5.73 Å². The standard InChI is InChI=1S/C13H18N4/c1-3-5-12(14)13-9-17(16-15-13)11-7-4-6-10(2)8-11/h4,6-9,12H,3,5,14H2,1-2H3. The molecule has 0 saturated heterocycles. The summed E-state index contributed by atoms with van der Waals surface area (Å²) in [6.07, 6.45) is 3.90. The van der Waals surface area contributed by atoms with Gasteiger partial charge in [-0.15, -0.1) is 5.10 Å². The van der Waals surface area contributed by atoms with E-state index in [0.717, 1.165) is 24.2 Å². The van der Waals surface area contributed by atoms with Crippen molar-refractivity contribution in [2.45, 2.75) is 32.7 Å². The first-order valence-corrected chi connectivity index (χ1v) is 5.95. The molecule has 0 amide bonds. The smallest absolute Gasteiger partial charge is 0.0998 e. The first-order valence-electron chi connectivity index (χ1n) is 5.95. The second kappa shape index (κ2) is 5.10. The molecule has 0 aliphatic carbocycles. The lowest BCUT2D eigenvalue weighted by Crippen LogP contribution is -2.10. The summed E-state index contributed by atoms with van der Waals surface area (Å²) in [5.74, 6) is 0. The highest BCUT2D eigenvalue weighted by Crippen LogP contribution is 2.15. The predicted octanol–water partition coefficient (Wildman–Crippen LogP) is 2.38. The lowest BCUT2D eigenvalue weighted by atomic mass is 10.1. The third kappa shape index (κ3) is 2.71. The molecule has 2 N–H and O–H groups in total. The third-order valence-corrected chi connectivity index (χ3v) is 2.76. The van der Waals surface area contributed by atoms with E-state index < -0.39 is 0 Å². The summed E-state index contributed by atoms with van der Waals surface area (Å²) in [6.45, 7) is 4.18. The SMILES string of the molecule is CCCC(N)c1cn(-c2cccc(C)c2)nn1. The van der Waals surface area contributed by atoms with E-state index in [1.165, 1.54) is 5.56 Å². The van der Waals surface area contributed by atoms with Crippen LogP contribution in [-0.4, -0.2) is 15.0 Å². The van der Waals surface area contributed by atoms with Crippen LogP contribution in [0.15, 0.2) is 30.5 Å². The molecule has 0 saturated carbocycles. The van der Waals surface area contributed by atoms with Crippen LogP contribution in [0.5, 0.6) is 0 Å². The van der Waals surface area contributed by atoms with Crippen LogP contribution in [-0.2, 0) is 0 Å². The number of hydrogen-bond acceptors (Lipinski definition) is 3. The molecule has 0 radical (unpaired) electrons. The summed E-state index contributed by atoms with van der Waals surface area (Å²) >= 11 is 0. The molecule has 0 fully saturated rings. The number of aromatic nitrogens is 3. The van der Waals surface area contributed by atoms with E-state index >= 15 is 0 Å². The third-order valence-electron chi connectivity index (χ3n) is 2.76. The second-order valence-corrected chi connectivity index (χ2v) is 4.32. The van der Waals surface area contributed by atoms with Crippen LogP contribution in [0.4, 0.5) is 0 Å². The van der Waals surface area contributed by atoms with Crippen molar-refractivity contribution in [3.8, 4) is 5.69 Å². The van der Waals surface area contributed by atoms with Gasteiger partial charge in [0, 0.05) is 0 Å². The normalized spacial score (nSPS) is 12.6. The zero-order valence-electron chi connectivity index (χ0n) is 10.3.